The van der Waals surface area contributed by atoms with Crippen molar-refractivity contribution in [1.82, 2.24) is 0 Å². The van der Waals surface area contributed by atoms with Crippen LogP contribution in [-0.4, -0.2) is 40.3 Å². The number of rotatable bonds is 10. The van der Waals surface area contributed by atoms with Crippen LogP contribution in [0, 0.1) is 0 Å². The average Bonchev–Trinajstić information content (AvgIpc) is 2.83. The Morgan fingerprint density at radius 1 is 0.781 bits per heavy atom. The summed E-state index contributed by atoms with van der Waals surface area (Å²) in [5, 5.41) is 22.6. The standard InChI is InChI=1S/C26H32O5Si/c1-5-24(32(29-2,30-3)31-4)25-23(27)18-21(16-19-12-8-6-9-13-19)22(26(25)28)17-20-14-10-7-11-15-20/h6-15,18,24,27-28H,5,16-17H2,1-4H3. The van der Waals surface area contributed by atoms with Crippen molar-refractivity contribution in [3.63, 3.8) is 0 Å². The van der Waals surface area contributed by atoms with Gasteiger partial charge in [0.15, 0.2) is 0 Å². The van der Waals surface area contributed by atoms with Gasteiger partial charge in [0.05, 0.1) is 5.54 Å². The summed E-state index contributed by atoms with van der Waals surface area (Å²) >= 11 is 0. The third-order valence-corrected chi connectivity index (χ3v) is 9.27. The Morgan fingerprint density at radius 2 is 1.28 bits per heavy atom. The molecule has 0 spiro atoms. The summed E-state index contributed by atoms with van der Waals surface area (Å²) in [5.74, 6) is 0.106. The van der Waals surface area contributed by atoms with E-state index in [1.807, 2.05) is 67.6 Å². The smallest absolute Gasteiger partial charge is 0.508 e. The molecular weight excluding hydrogens is 420 g/mol. The Balaban J connectivity index is 2.18. The number of benzene rings is 3. The molecule has 1 atom stereocenters. The first-order valence-corrected chi connectivity index (χ1v) is 12.6. The molecular formula is C26H32O5Si. The highest BCUT2D eigenvalue weighted by atomic mass is 28.4. The van der Waals surface area contributed by atoms with Gasteiger partial charge in [-0.15, -0.1) is 0 Å². The fourth-order valence-electron chi connectivity index (χ4n) is 4.39. The zero-order valence-electron chi connectivity index (χ0n) is 19.2. The Morgan fingerprint density at radius 3 is 1.75 bits per heavy atom. The van der Waals surface area contributed by atoms with Crippen LogP contribution in [0.5, 0.6) is 11.5 Å². The molecule has 3 aromatic carbocycles. The van der Waals surface area contributed by atoms with Crippen LogP contribution in [0.2, 0.25) is 0 Å². The monoisotopic (exact) mass is 452 g/mol. The molecule has 0 amide bonds. The van der Waals surface area contributed by atoms with E-state index in [0.29, 0.717) is 24.8 Å². The fraction of sp³-hybridized carbons (Fsp3) is 0.308. The predicted molar refractivity (Wildman–Crippen MR) is 128 cm³/mol. The van der Waals surface area contributed by atoms with Gasteiger partial charge in [-0.1, -0.05) is 67.6 Å². The lowest BCUT2D eigenvalue weighted by Crippen LogP contribution is -2.49. The molecule has 170 valence electrons. The largest absolute Gasteiger partial charge is 0.508 e. The van der Waals surface area contributed by atoms with Crippen molar-refractivity contribution in [1.29, 1.82) is 0 Å². The van der Waals surface area contributed by atoms with Gasteiger partial charge in [0.2, 0.25) is 0 Å². The summed E-state index contributed by atoms with van der Waals surface area (Å²) < 4.78 is 17.1. The lowest BCUT2D eigenvalue weighted by molar-refractivity contribution is 0.110. The van der Waals surface area contributed by atoms with Gasteiger partial charge in [0.1, 0.15) is 11.5 Å². The lowest BCUT2D eigenvalue weighted by Gasteiger charge is -2.33. The average molecular weight is 453 g/mol. The van der Waals surface area contributed by atoms with E-state index in [1.165, 1.54) is 0 Å². The van der Waals surface area contributed by atoms with Crippen LogP contribution in [0.4, 0.5) is 0 Å². The van der Waals surface area contributed by atoms with E-state index in [0.717, 1.165) is 22.3 Å². The van der Waals surface area contributed by atoms with Crippen molar-refractivity contribution in [2.24, 2.45) is 0 Å². The zero-order valence-corrected chi connectivity index (χ0v) is 20.2. The van der Waals surface area contributed by atoms with Gasteiger partial charge in [0.25, 0.3) is 0 Å². The second kappa shape index (κ2) is 10.8. The molecule has 3 rings (SSSR count). The van der Waals surface area contributed by atoms with Crippen LogP contribution >= 0.6 is 0 Å². The van der Waals surface area contributed by atoms with Gasteiger partial charge in [0, 0.05) is 38.9 Å². The summed E-state index contributed by atoms with van der Waals surface area (Å²) in [6, 6.07) is 21.8. The van der Waals surface area contributed by atoms with Gasteiger partial charge in [-0.2, -0.15) is 0 Å². The van der Waals surface area contributed by atoms with Gasteiger partial charge >= 0.3 is 8.80 Å². The molecule has 6 heteroatoms. The van der Waals surface area contributed by atoms with Gasteiger partial charge in [-0.05, 0) is 35.6 Å². The molecule has 0 aromatic heterocycles. The molecule has 0 saturated carbocycles. The summed E-state index contributed by atoms with van der Waals surface area (Å²) in [5.41, 5.74) is 3.87. The Hall–Kier alpha value is -2.64. The van der Waals surface area contributed by atoms with Crippen molar-refractivity contribution < 1.29 is 23.5 Å². The SMILES string of the molecule is CCC(c1c(O)cc(Cc2ccccc2)c(Cc2ccccc2)c1O)[Si](OC)(OC)OC. The maximum absolute atomic E-state index is 11.5. The summed E-state index contributed by atoms with van der Waals surface area (Å²) in [7, 11) is 1.46. The molecule has 0 saturated heterocycles. The van der Waals surface area contributed by atoms with E-state index < -0.39 is 14.3 Å². The maximum Gasteiger partial charge on any atom is 0.508 e. The maximum atomic E-state index is 11.5. The first-order chi connectivity index (χ1) is 15.5. The zero-order chi connectivity index (χ0) is 23.1. The number of phenols is 2. The molecule has 2 N–H and O–H groups in total. The number of hydrogen-bond donors (Lipinski definition) is 2. The quantitative estimate of drug-likeness (QED) is 0.414. The second-order valence-corrected chi connectivity index (χ2v) is 10.9. The van der Waals surface area contributed by atoms with Crippen molar-refractivity contribution in [3.05, 3.63) is 94.5 Å². The Bertz CT molecular complexity index is 995. The van der Waals surface area contributed by atoms with Crippen molar-refractivity contribution in [3.8, 4) is 11.5 Å². The highest BCUT2D eigenvalue weighted by Gasteiger charge is 2.49. The highest BCUT2D eigenvalue weighted by Crippen LogP contribution is 2.45. The Kier molecular flexibility index (Phi) is 8.09. The summed E-state index contributed by atoms with van der Waals surface area (Å²) in [6.07, 6.45) is 1.72. The van der Waals surface area contributed by atoms with Gasteiger partial charge in [-0.3, -0.25) is 0 Å². The van der Waals surface area contributed by atoms with Crippen molar-refractivity contribution in [2.45, 2.75) is 31.7 Å². The number of aromatic hydroxyl groups is 2. The minimum Gasteiger partial charge on any atom is -0.508 e. The van der Waals surface area contributed by atoms with E-state index in [9.17, 15) is 10.2 Å². The highest BCUT2D eigenvalue weighted by molar-refractivity contribution is 6.62. The fourth-order valence-corrected chi connectivity index (χ4v) is 6.88. The topological polar surface area (TPSA) is 68.2 Å². The van der Waals surface area contributed by atoms with Gasteiger partial charge < -0.3 is 23.5 Å². The van der Waals surface area contributed by atoms with E-state index in [2.05, 4.69) is 0 Å². The van der Waals surface area contributed by atoms with E-state index in [1.54, 1.807) is 27.4 Å². The second-order valence-electron chi connectivity index (χ2n) is 7.80. The van der Waals surface area contributed by atoms with Crippen LogP contribution in [0.25, 0.3) is 0 Å². The molecule has 1 unspecified atom stereocenters. The van der Waals surface area contributed by atoms with Crippen LogP contribution in [0.1, 0.15) is 46.7 Å². The van der Waals surface area contributed by atoms with E-state index >= 15 is 0 Å². The van der Waals surface area contributed by atoms with Crippen LogP contribution < -0.4 is 0 Å². The third kappa shape index (κ3) is 4.89. The molecule has 32 heavy (non-hydrogen) atoms. The molecule has 0 fully saturated rings. The molecule has 5 nitrogen and oxygen atoms in total. The van der Waals surface area contributed by atoms with Crippen LogP contribution in [-0.2, 0) is 26.1 Å². The van der Waals surface area contributed by atoms with Crippen molar-refractivity contribution in [2.75, 3.05) is 21.3 Å². The number of hydrogen-bond acceptors (Lipinski definition) is 5. The minimum atomic E-state index is -3.18. The normalized spacial score (nSPS) is 12.6. The van der Waals surface area contributed by atoms with Crippen LogP contribution in [0.3, 0.4) is 0 Å². The van der Waals surface area contributed by atoms with Gasteiger partial charge in [-0.25, -0.2) is 0 Å². The Labute approximate surface area is 191 Å². The molecule has 0 aliphatic rings. The third-order valence-electron chi connectivity index (χ3n) is 6.01. The lowest BCUT2D eigenvalue weighted by atomic mass is 9.90. The predicted octanol–water partition coefficient (Wildman–Crippen LogP) is 5.19. The molecule has 0 heterocycles. The minimum absolute atomic E-state index is 0.0279. The molecule has 3 aromatic rings. The van der Waals surface area contributed by atoms with E-state index in [-0.39, 0.29) is 11.5 Å². The molecule has 0 aliphatic heterocycles. The summed E-state index contributed by atoms with van der Waals surface area (Å²) in [6.45, 7) is 1.97. The van der Waals surface area contributed by atoms with Crippen molar-refractivity contribution >= 4 is 8.80 Å². The van der Waals surface area contributed by atoms with E-state index in [4.69, 9.17) is 13.3 Å². The van der Waals surface area contributed by atoms with Crippen LogP contribution in [0.15, 0.2) is 66.7 Å². The first-order valence-electron chi connectivity index (χ1n) is 10.8. The molecule has 0 bridgehead atoms. The first kappa shape index (κ1) is 24.0. The number of phenolic OH excluding ortho intramolecular Hbond substituents is 2. The summed E-state index contributed by atoms with van der Waals surface area (Å²) in [4.78, 5) is 0. The molecule has 0 aliphatic carbocycles. The molecule has 0 radical (unpaired) electrons.